The summed E-state index contributed by atoms with van der Waals surface area (Å²) >= 11 is 0. The van der Waals surface area contributed by atoms with Crippen molar-refractivity contribution in [2.75, 3.05) is 0 Å². The van der Waals surface area contributed by atoms with Crippen LogP contribution in [0, 0.1) is 40.4 Å². The van der Waals surface area contributed by atoms with E-state index in [2.05, 4.69) is 0 Å². The number of fused-ring (bicyclic) bond motifs is 3. The van der Waals surface area contributed by atoms with Crippen LogP contribution in [-0.2, 0) is 15.0 Å². The Morgan fingerprint density at radius 2 is 1.66 bits per heavy atom. The molecule has 7 N–H and O–H groups in total. The summed E-state index contributed by atoms with van der Waals surface area (Å²) in [6.45, 7) is 16.2. The number of aliphatic hydroxyl groups is 4. The molecule has 0 aliphatic heterocycles. The van der Waals surface area contributed by atoms with Gasteiger partial charge in [-0.3, -0.25) is 14.4 Å². The number of aromatic hydroxyl groups is 1. The van der Waals surface area contributed by atoms with E-state index in [0.29, 0.717) is 11.1 Å². The first kappa shape index (κ1) is 31.6. The molecule has 228 valence electrons. The number of aliphatic hydroxyl groups excluding tert-OH is 3. The van der Waals surface area contributed by atoms with Gasteiger partial charge in [-0.05, 0) is 59.0 Å². The number of hydrogen-bond acceptors (Lipinski definition) is 8. The summed E-state index contributed by atoms with van der Waals surface area (Å²) in [5, 5.41) is 58.5. The minimum Gasteiger partial charge on any atom is -0.507 e. The predicted octanol–water partition coefficient (Wildman–Crippen LogP) is 2.43. The fraction of sp³-hybridized carbons (Fsp3) is 0.719. The van der Waals surface area contributed by atoms with E-state index in [9.17, 15) is 39.9 Å². The Hall–Kier alpha value is -2.33. The number of hydrogen-bond donors (Lipinski definition) is 6. The molecule has 3 aliphatic rings. The first-order valence-electron chi connectivity index (χ1n) is 14.6. The third-order valence-corrected chi connectivity index (χ3v) is 11.3. The predicted molar refractivity (Wildman–Crippen MR) is 152 cm³/mol. The molecular weight excluding hydrogens is 526 g/mol. The average molecular weight is 574 g/mol. The summed E-state index contributed by atoms with van der Waals surface area (Å²) in [5.74, 6) is -8.78. The molecule has 0 spiro atoms. The van der Waals surface area contributed by atoms with Crippen LogP contribution >= 0.6 is 0 Å². The van der Waals surface area contributed by atoms with Crippen molar-refractivity contribution in [3.05, 3.63) is 28.8 Å². The Morgan fingerprint density at radius 1 is 1.10 bits per heavy atom. The van der Waals surface area contributed by atoms with Crippen molar-refractivity contribution in [2.24, 2.45) is 46.2 Å². The topological polar surface area (TPSA) is 178 Å². The van der Waals surface area contributed by atoms with E-state index < -0.39 is 87.2 Å². The van der Waals surface area contributed by atoms with Crippen molar-refractivity contribution in [3.8, 4) is 5.75 Å². The van der Waals surface area contributed by atoms with Crippen LogP contribution in [0.3, 0.4) is 0 Å². The largest absolute Gasteiger partial charge is 0.507 e. The molecule has 3 unspecified atom stereocenters. The van der Waals surface area contributed by atoms with E-state index in [1.165, 1.54) is 0 Å². The van der Waals surface area contributed by atoms with Gasteiger partial charge in [-0.1, -0.05) is 67.5 Å². The van der Waals surface area contributed by atoms with E-state index in [1.807, 2.05) is 40.7 Å². The number of rotatable bonds is 4. The zero-order valence-electron chi connectivity index (χ0n) is 25.6. The van der Waals surface area contributed by atoms with Crippen LogP contribution in [0.2, 0.25) is 0 Å². The average Bonchev–Trinajstić information content (AvgIpc) is 2.82. The van der Waals surface area contributed by atoms with Gasteiger partial charge in [0.1, 0.15) is 17.8 Å². The van der Waals surface area contributed by atoms with Crippen LogP contribution in [-0.4, -0.2) is 66.9 Å². The van der Waals surface area contributed by atoms with Gasteiger partial charge in [-0.2, -0.15) is 0 Å². The van der Waals surface area contributed by atoms with Crippen LogP contribution in [0.25, 0.3) is 0 Å². The third-order valence-electron chi connectivity index (χ3n) is 11.3. The van der Waals surface area contributed by atoms with E-state index in [4.69, 9.17) is 5.73 Å². The molecule has 4 rings (SSSR count). The molecule has 0 radical (unpaired) electrons. The number of ketones is 2. The maximum atomic E-state index is 14.5. The molecule has 0 bridgehead atoms. The van der Waals surface area contributed by atoms with Crippen LogP contribution in [0.1, 0.15) is 96.1 Å². The summed E-state index contributed by atoms with van der Waals surface area (Å²) in [7, 11) is 0. The van der Waals surface area contributed by atoms with Gasteiger partial charge in [0, 0.05) is 5.41 Å². The standard InChI is InChI=1S/C32H47NO8/c1-13(2)21-25(37)20(28(33)40)26(38)32(41)27(39)22-24(36)19-16(10-11-17(23(19)35)29(5,6)7)15(4)30(22,8)18(12-14(3)34)31(21,32)9/h10-11,13-15,18,20-22,25,27,34-35,37,39,41H,12H2,1-9H3,(H2,33,40)/t14?,15-,18-,20-,21+,22-,25?,27?,30-,31-,32+/m1/s1. The number of amides is 1. The Balaban J connectivity index is 2.12. The molecule has 0 aromatic heterocycles. The maximum absolute atomic E-state index is 14.5. The summed E-state index contributed by atoms with van der Waals surface area (Å²) in [6.07, 6.45) is -4.41. The monoisotopic (exact) mass is 573 g/mol. The van der Waals surface area contributed by atoms with Gasteiger partial charge >= 0.3 is 0 Å². The Labute approximate surface area is 242 Å². The molecule has 1 aromatic rings. The molecule has 11 atom stereocenters. The van der Waals surface area contributed by atoms with Crippen molar-refractivity contribution >= 4 is 17.5 Å². The zero-order chi connectivity index (χ0) is 31.4. The lowest BCUT2D eigenvalue weighted by Gasteiger charge is -2.71. The highest BCUT2D eigenvalue weighted by Crippen LogP contribution is 2.71. The second kappa shape index (κ2) is 9.59. The molecule has 2 fully saturated rings. The van der Waals surface area contributed by atoms with E-state index in [-0.39, 0.29) is 23.7 Å². The Morgan fingerprint density at radius 3 is 2.12 bits per heavy atom. The van der Waals surface area contributed by atoms with Crippen LogP contribution in [0.4, 0.5) is 0 Å². The molecule has 41 heavy (non-hydrogen) atoms. The summed E-state index contributed by atoms with van der Waals surface area (Å²) in [6, 6.07) is 3.61. The molecule has 1 aromatic carbocycles. The zero-order valence-corrected chi connectivity index (χ0v) is 25.6. The van der Waals surface area contributed by atoms with E-state index in [0.717, 1.165) is 0 Å². The molecule has 0 saturated heterocycles. The van der Waals surface area contributed by atoms with Gasteiger partial charge in [0.25, 0.3) is 0 Å². The smallest absolute Gasteiger partial charge is 0.230 e. The maximum Gasteiger partial charge on any atom is 0.230 e. The highest BCUT2D eigenvalue weighted by atomic mass is 16.4. The number of phenolic OH excluding ortho intramolecular Hbond substituents is 1. The van der Waals surface area contributed by atoms with Crippen LogP contribution in [0.15, 0.2) is 12.1 Å². The van der Waals surface area contributed by atoms with Gasteiger partial charge in [0.05, 0.1) is 23.7 Å². The summed E-state index contributed by atoms with van der Waals surface area (Å²) in [5.41, 5.74) is 0.880. The lowest BCUT2D eigenvalue weighted by atomic mass is 9.33. The molecular formula is C32H47NO8. The number of primary amides is 1. The molecule has 2 saturated carbocycles. The number of carbonyl (C=O) groups is 3. The van der Waals surface area contributed by atoms with E-state index >= 15 is 0 Å². The van der Waals surface area contributed by atoms with E-state index in [1.54, 1.807) is 33.8 Å². The Kier molecular flexibility index (Phi) is 7.39. The third kappa shape index (κ3) is 3.84. The van der Waals surface area contributed by atoms with Crippen LogP contribution in [0.5, 0.6) is 5.75 Å². The highest BCUT2D eigenvalue weighted by Gasteiger charge is 2.79. The van der Waals surface area contributed by atoms with Crippen molar-refractivity contribution in [1.29, 1.82) is 0 Å². The number of carbonyl (C=O) groups excluding carboxylic acids is 3. The SMILES string of the molecule is CC(O)C[C@@H]1[C@@]2(C)[C@H](C)c3ccc(C(C)(C)C)c(O)c3C(=O)[C@@H]2C(O)[C@@]2(O)C(=O)[C@H](C(N)=O)C(O)[C@H](C(C)C)[C@@]12C. The summed E-state index contributed by atoms with van der Waals surface area (Å²) < 4.78 is 0. The lowest BCUT2D eigenvalue weighted by molar-refractivity contribution is -0.295. The van der Waals surface area contributed by atoms with Crippen molar-refractivity contribution in [3.63, 3.8) is 0 Å². The molecule has 0 heterocycles. The van der Waals surface area contributed by atoms with Gasteiger partial charge < -0.3 is 31.3 Å². The summed E-state index contributed by atoms with van der Waals surface area (Å²) in [4.78, 5) is 41.2. The minimum absolute atomic E-state index is 0.0436. The highest BCUT2D eigenvalue weighted by molar-refractivity contribution is 6.09. The second-order valence-electron chi connectivity index (χ2n) is 14.7. The number of nitrogens with two attached hydrogens (primary N) is 1. The van der Waals surface area contributed by atoms with Gasteiger partial charge in [0.15, 0.2) is 17.2 Å². The van der Waals surface area contributed by atoms with Gasteiger partial charge in [-0.15, -0.1) is 0 Å². The first-order valence-corrected chi connectivity index (χ1v) is 14.6. The Bertz CT molecular complexity index is 1280. The van der Waals surface area contributed by atoms with Crippen molar-refractivity contribution < 1.29 is 39.9 Å². The van der Waals surface area contributed by atoms with Crippen molar-refractivity contribution in [1.82, 2.24) is 0 Å². The number of phenols is 1. The second-order valence-corrected chi connectivity index (χ2v) is 14.7. The van der Waals surface area contributed by atoms with Crippen molar-refractivity contribution in [2.45, 2.75) is 104 Å². The quantitative estimate of drug-likeness (QED) is 0.297. The van der Waals surface area contributed by atoms with Crippen LogP contribution < -0.4 is 5.73 Å². The minimum atomic E-state index is -2.66. The molecule has 9 nitrogen and oxygen atoms in total. The first-order chi connectivity index (χ1) is 18.6. The molecule has 1 amide bonds. The fourth-order valence-electron chi connectivity index (χ4n) is 9.42. The normalized spacial score (nSPS) is 41.5. The lowest BCUT2D eigenvalue weighted by Crippen LogP contribution is -2.82. The number of Topliss-reactive ketones (excluding diaryl/α,β-unsaturated/α-hetero) is 2. The molecule has 9 heteroatoms. The number of benzene rings is 1. The van der Waals surface area contributed by atoms with Gasteiger partial charge in [-0.25, -0.2) is 0 Å². The fourth-order valence-corrected chi connectivity index (χ4v) is 9.42. The molecule has 3 aliphatic carbocycles. The van der Waals surface area contributed by atoms with Gasteiger partial charge in [0.2, 0.25) is 5.91 Å².